The normalized spacial score (nSPS) is 14.8. The van der Waals surface area contributed by atoms with E-state index >= 15 is 0 Å². The fourth-order valence-corrected chi connectivity index (χ4v) is 5.26. The zero-order valence-electron chi connectivity index (χ0n) is 17.3. The number of Topliss-reactive ketones (excluding diaryl/α,β-unsaturated/α-hetero) is 1. The second kappa shape index (κ2) is 10.3. The van der Waals surface area contributed by atoms with Crippen LogP contribution >= 0.6 is 11.6 Å². The van der Waals surface area contributed by atoms with Crippen molar-refractivity contribution in [3.05, 3.63) is 53.1 Å². The summed E-state index contributed by atoms with van der Waals surface area (Å²) >= 11 is 5.82. The molecule has 0 aliphatic carbocycles. The number of ketones is 1. The highest BCUT2D eigenvalue weighted by Crippen LogP contribution is 2.31. The number of hydrogen-bond donors (Lipinski definition) is 1. The summed E-state index contributed by atoms with van der Waals surface area (Å²) in [5.74, 6) is -0.329. The Morgan fingerprint density at radius 1 is 1.03 bits per heavy atom. The number of piperidine rings is 1. The Hall–Kier alpha value is -2.42. The molecule has 31 heavy (non-hydrogen) atoms. The summed E-state index contributed by atoms with van der Waals surface area (Å²) in [6.07, 6.45) is 2.65. The first kappa shape index (κ1) is 23.2. The molecule has 0 radical (unpaired) electrons. The lowest BCUT2D eigenvalue weighted by Gasteiger charge is -2.26. The lowest BCUT2D eigenvalue weighted by atomic mass is 10.1. The van der Waals surface area contributed by atoms with Gasteiger partial charge in [-0.3, -0.25) is 9.59 Å². The molecule has 0 aromatic heterocycles. The molecular formula is C22H25ClN2O5S. The number of rotatable bonds is 8. The minimum absolute atomic E-state index is 0.0203. The van der Waals surface area contributed by atoms with Gasteiger partial charge < -0.3 is 10.1 Å². The van der Waals surface area contributed by atoms with Gasteiger partial charge in [-0.05, 0) is 55.3 Å². The second-order valence-corrected chi connectivity index (χ2v) is 9.65. The molecule has 1 fully saturated rings. The molecule has 1 amide bonds. The Bertz CT molecular complexity index is 1050. The van der Waals surface area contributed by atoms with Gasteiger partial charge in [0.05, 0.1) is 7.11 Å². The first-order chi connectivity index (χ1) is 14.8. The fourth-order valence-electron chi connectivity index (χ4n) is 3.43. The van der Waals surface area contributed by atoms with E-state index in [1.54, 1.807) is 30.3 Å². The van der Waals surface area contributed by atoms with Crippen LogP contribution < -0.4 is 10.1 Å². The number of sulfonamides is 1. The predicted octanol–water partition coefficient (Wildman–Crippen LogP) is 4.12. The van der Waals surface area contributed by atoms with E-state index in [9.17, 15) is 18.0 Å². The maximum Gasteiger partial charge on any atom is 0.246 e. The van der Waals surface area contributed by atoms with Gasteiger partial charge in [0.2, 0.25) is 15.9 Å². The van der Waals surface area contributed by atoms with Gasteiger partial charge in [-0.1, -0.05) is 18.0 Å². The average Bonchev–Trinajstić information content (AvgIpc) is 2.78. The fraction of sp³-hybridized carbons (Fsp3) is 0.364. The van der Waals surface area contributed by atoms with Gasteiger partial charge in [-0.15, -0.1) is 0 Å². The number of nitrogens with one attached hydrogen (secondary N) is 1. The van der Waals surface area contributed by atoms with E-state index in [0.29, 0.717) is 29.4 Å². The maximum atomic E-state index is 13.1. The highest BCUT2D eigenvalue weighted by Gasteiger charge is 2.29. The van der Waals surface area contributed by atoms with Crippen LogP contribution in [0.2, 0.25) is 5.02 Å². The smallest absolute Gasteiger partial charge is 0.246 e. The molecule has 1 aliphatic rings. The van der Waals surface area contributed by atoms with Gasteiger partial charge in [-0.25, -0.2) is 8.42 Å². The molecule has 0 bridgehead atoms. The summed E-state index contributed by atoms with van der Waals surface area (Å²) in [5, 5.41) is 3.21. The number of ether oxygens (including phenoxy) is 1. The topological polar surface area (TPSA) is 92.8 Å². The molecule has 9 heteroatoms. The zero-order chi connectivity index (χ0) is 22.4. The van der Waals surface area contributed by atoms with Gasteiger partial charge in [0.25, 0.3) is 0 Å². The van der Waals surface area contributed by atoms with Gasteiger partial charge >= 0.3 is 0 Å². The van der Waals surface area contributed by atoms with Crippen LogP contribution in [0.3, 0.4) is 0 Å². The van der Waals surface area contributed by atoms with Crippen molar-refractivity contribution in [2.45, 2.75) is 37.0 Å². The van der Waals surface area contributed by atoms with Crippen LogP contribution in [-0.2, 0) is 14.8 Å². The number of halogens is 1. The summed E-state index contributed by atoms with van der Waals surface area (Å²) in [6, 6.07) is 11.0. The van der Waals surface area contributed by atoms with Crippen molar-refractivity contribution in [2.24, 2.45) is 0 Å². The second-order valence-electron chi connectivity index (χ2n) is 7.31. The van der Waals surface area contributed by atoms with Crippen LogP contribution in [0.15, 0.2) is 47.4 Å². The van der Waals surface area contributed by atoms with Crippen molar-refractivity contribution in [2.75, 3.05) is 25.5 Å². The number of carbonyl (C=O) groups excluding carboxylic acids is 2. The molecule has 0 unspecified atom stereocenters. The molecule has 2 aromatic carbocycles. The first-order valence-corrected chi connectivity index (χ1v) is 11.9. The van der Waals surface area contributed by atoms with Crippen molar-refractivity contribution in [1.82, 2.24) is 4.31 Å². The summed E-state index contributed by atoms with van der Waals surface area (Å²) in [6.45, 7) is 0.934. The van der Waals surface area contributed by atoms with Crippen molar-refractivity contribution in [3.63, 3.8) is 0 Å². The van der Waals surface area contributed by atoms with Crippen molar-refractivity contribution in [1.29, 1.82) is 0 Å². The number of amides is 1. The van der Waals surface area contributed by atoms with Gasteiger partial charge in [0, 0.05) is 42.2 Å². The van der Waals surface area contributed by atoms with Crippen LogP contribution in [0.25, 0.3) is 0 Å². The highest BCUT2D eigenvalue weighted by atomic mass is 35.5. The Kier molecular flexibility index (Phi) is 7.69. The molecule has 0 spiro atoms. The number of methoxy groups -OCH3 is 1. The lowest BCUT2D eigenvalue weighted by molar-refractivity contribution is -0.116. The first-order valence-electron chi connectivity index (χ1n) is 10.1. The minimum atomic E-state index is -3.74. The van der Waals surface area contributed by atoms with E-state index < -0.39 is 10.0 Å². The van der Waals surface area contributed by atoms with Crippen LogP contribution in [0.4, 0.5) is 5.69 Å². The van der Waals surface area contributed by atoms with Crippen LogP contribution in [-0.4, -0.2) is 44.6 Å². The molecule has 0 saturated carbocycles. The molecule has 1 aliphatic heterocycles. The SMILES string of the molecule is COc1ccc(NC(=O)CCC(=O)c2ccc(Cl)cc2)cc1S(=O)(=O)N1CCCCC1. The molecule has 0 atom stereocenters. The van der Waals surface area contributed by atoms with Gasteiger partial charge in [0.15, 0.2) is 5.78 Å². The molecule has 3 rings (SSSR count). The number of carbonyl (C=O) groups is 2. The Morgan fingerprint density at radius 2 is 1.71 bits per heavy atom. The molecule has 1 heterocycles. The number of anilines is 1. The number of benzene rings is 2. The molecule has 1 saturated heterocycles. The monoisotopic (exact) mass is 464 g/mol. The molecule has 7 nitrogen and oxygen atoms in total. The van der Waals surface area contributed by atoms with E-state index in [2.05, 4.69) is 5.32 Å². The quantitative estimate of drug-likeness (QED) is 0.593. The van der Waals surface area contributed by atoms with E-state index in [0.717, 1.165) is 19.3 Å². The Labute approximate surface area is 187 Å². The average molecular weight is 465 g/mol. The minimum Gasteiger partial charge on any atom is -0.495 e. The van der Waals surface area contributed by atoms with E-state index in [1.807, 2.05) is 0 Å². The maximum absolute atomic E-state index is 13.1. The summed E-state index contributed by atoms with van der Waals surface area (Å²) < 4.78 is 32.9. The number of hydrogen-bond acceptors (Lipinski definition) is 5. The van der Waals surface area contributed by atoms with Crippen LogP contribution in [0, 0.1) is 0 Å². The largest absolute Gasteiger partial charge is 0.495 e. The summed E-state index contributed by atoms with van der Waals surface area (Å²) in [5.41, 5.74) is 0.817. The van der Waals surface area contributed by atoms with E-state index in [1.165, 1.54) is 23.5 Å². The molecule has 2 aromatic rings. The van der Waals surface area contributed by atoms with Crippen molar-refractivity contribution >= 4 is 39.0 Å². The van der Waals surface area contributed by atoms with Crippen molar-refractivity contribution in [3.8, 4) is 5.75 Å². The van der Waals surface area contributed by atoms with Gasteiger partial charge in [0.1, 0.15) is 10.6 Å². The third-order valence-corrected chi connectivity index (χ3v) is 7.30. The number of nitrogens with zero attached hydrogens (tertiary/aromatic N) is 1. The van der Waals surface area contributed by atoms with E-state index in [-0.39, 0.29) is 35.2 Å². The lowest BCUT2D eigenvalue weighted by Crippen LogP contribution is -2.35. The predicted molar refractivity (Wildman–Crippen MR) is 119 cm³/mol. The summed E-state index contributed by atoms with van der Waals surface area (Å²) in [7, 11) is -2.33. The van der Waals surface area contributed by atoms with Crippen molar-refractivity contribution < 1.29 is 22.7 Å². The highest BCUT2D eigenvalue weighted by molar-refractivity contribution is 7.89. The molecular weight excluding hydrogens is 440 g/mol. The molecule has 166 valence electrons. The third kappa shape index (κ3) is 5.84. The molecule has 1 N–H and O–H groups in total. The standard InChI is InChI=1S/C22H25ClN2O5S/c1-30-20-11-9-18(15-21(20)31(28,29)25-13-3-2-4-14-25)24-22(27)12-10-19(26)16-5-7-17(23)8-6-16/h5-9,11,15H,2-4,10,12-14H2,1H3,(H,24,27). The van der Waals surface area contributed by atoms with E-state index in [4.69, 9.17) is 16.3 Å². The Morgan fingerprint density at radius 3 is 2.35 bits per heavy atom. The Balaban J connectivity index is 1.68. The zero-order valence-corrected chi connectivity index (χ0v) is 18.8. The third-order valence-electron chi connectivity index (χ3n) is 5.13. The van der Waals surface area contributed by atoms with Crippen LogP contribution in [0.5, 0.6) is 5.75 Å². The summed E-state index contributed by atoms with van der Waals surface area (Å²) in [4.78, 5) is 24.6. The van der Waals surface area contributed by atoms with Gasteiger partial charge in [-0.2, -0.15) is 4.31 Å². The van der Waals surface area contributed by atoms with Crippen LogP contribution in [0.1, 0.15) is 42.5 Å².